The second-order valence-corrected chi connectivity index (χ2v) is 6.74. The van der Waals surface area contributed by atoms with E-state index in [0.29, 0.717) is 25.2 Å². The molecule has 2 N–H and O–H groups in total. The molecule has 0 aliphatic rings. The Balaban J connectivity index is 1.89. The number of carbonyl (C=O) groups excluding carboxylic acids is 1. The zero-order chi connectivity index (χ0) is 21.8. The normalized spacial score (nSPS) is 11.0. The van der Waals surface area contributed by atoms with Crippen LogP contribution >= 0.6 is 0 Å². The van der Waals surface area contributed by atoms with Crippen LogP contribution in [0.2, 0.25) is 0 Å². The number of benzene rings is 2. The topological polar surface area (TPSA) is 75.2 Å². The third-order valence-corrected chi connectivity index (χ3v) is 4.52. The lowest BCUT2D eigenvalue weighted by atomic mass is 10.2. The van der Waals surface area contributed by atoms with E-state index < -0.39 is 0 Å². The molecule has 0 saturated carbocycles. The molecular formula is C23H32N4O3. The zero-order valence-corrected chi connectivity index (χ0v) is 18.3. The predicted molar refractivity (Wildman–Crippen MR) is 120 cm³/mol. The van der Waals surface area contributed by atoms with Crippen molar-refractivity contribution in [3.8, 4) is 11.5 Å². The van der Waals surface area contributed by atoms with Crippen molar-refractivity contribution in [2.75, 3.05) is 40.9 Å². The molecule has 30 heavy (non-hydrogen) atoms. The van der Waals surface area contributed by atoms with Gasteiger partial charge < -0.3 is 25.0 Å². The maximum atomic E-state index is 12.1. The van der Waals surface area contributed by atoms with E-state index in [2.05, 4.69) is 20.5 Å². The molecule has 2 aromatic rings. The van der Waals surface area contributed by atoms with E-state index >= 15 is 0 Å². The predicted octanol–water partition coefficient (Wildman–Crippen LogP) is 2.92. The maximum absolute atomic E-state index is 12.1. The minimum atomic E-state index is -0.0600. The number of amides is 1. The van der Waals surface area contributed by atoms with E-state index in [4.69, 9.17) is 9.47 Å². The molecule has 2 aromatic carbocycles. The Morgan fingerprint density at radius 1 is 1.07 bits per heavy atom. The van der Waals surface area contributed by atoms with Crippen LogP contribution in [0.25, 0.3) is 0 Å². The molecule has 0 aliphatic carbocycles. The molecule has 2 rings (SSSR count). The Hall–Kier alpha value is -3.22. The van der Waals surface area contributed by atoms with Crippen molar-refractivity contribution in [1.29, 1.82) is 0 Å². The average molecular weight is 413 g/mol. The summed E-state index contributed by atoms with van der Waals surface area (Å²) in [5.74, 6) is 2.29. The van der Waals surface area contributed by atoms with Gasteiger partial charge in [0.25, 0.3) is 5.91 Å². The van der Waals surface area contributed by atoms with E-state index in [-0.39, 0.29) is 5.91 Å². The second kappa shape index (κ2) is 12.4. The lowest BCUT2D eigenvalue weighted by Gasteiger charge is -2.23. The summed E-state index contributed by atoms with van der Waals surface area (Å²) in [6.07, 6.45) is 0.757. The van der Waals surface area contributed by atoms with Crippen LogP contribution in [-0.2, 0) is 6.54 Å². The lowest BCUT2D eigenvalue weighted by Crippen LogP contribution is -2.38. The Morgan fingerprint density at radius 2 is 1.83 bits per heavy atom. The van der Waals surface area contributed by atoms with Gasteiger partial charge in [0, 0.05) is 50.4 Å². The quantitative estimate of drug-likeness (QED) is 0.357. The maximum Gasteiger partial charge on any atom is 0.251 e. The van der Waals surface area contributed by atoms with Crippen molar-refractivity contribution < 1.29 is 14.3 Å². The first-order chi connectivity index (χ1) is 14.6. The van der Waals surface area contributed by atoms with Gasteiger partial charge in [0.05, 0.1) is 14.2 Å². The Bertz CT molecular complexity index is 824. The molecule has 0 unspecified atom stereocenters. The third-order valence-electron chi connectivity index (χ3n) is 4.52. The third kappa shape index (κ3) is 6.99. The van der Waals surface area contributed by atoms with Crippen LogP contribution in [0.1, 0.15) is 29.3 Å². The van der Waals surface area contributed by atoms with Gasteiger partial charge in [-0.3, -0.25) is 9.79 Å². The van der Waals surface area contributed by atoms with Crippen LogP contribution in [0, 0.1) is 0 Å². The number of hydrogen-bond acceptors (Lipinski definition) is 4. The number of methoxy groups -OCH3 is 2. The zero-order valence-electron chi connectivity index (χ0n) is 18.3. The summed E-state index contributed by atoms with van der Waals surface area (Å²) in [5.41, 5.74) is 1.71. The summed E-state index contributed by atoms with van der Waals surface area (Å²) >= 11 is 0. The van der Waals surface area contributed by atoms with Crippen LogP contribution in [0.4, 0.5) is 0 Å². The highest BCUT2D eigenvalue weighted by molar-refractivity contribution is 5.94. The fourth-order valence-electron chi connectivity index (χ4n) is 2.94. The highest BCUT2D eigenvalue weighted by Gasteiger charge is 2.11. The molecule has 0 bridgehead atoms. The van der Waals surface area contributed by atoms with E-state index in [1.165, 1.54) is 0 Å². The van der Waals surface area contributed by atoms with Crippen LogP contribution < -0.4 is 20.1 Å². The highest BCUT2D eigenvalue weighted by atomic mass is 16.5. The highest BCUT2D eigenvalue weighted by Crippen LogP contribution is 2.25. The number of rotatable bonds is 10. The largest absolute Gasteiger partial charge is 0.497 e. The van der Waals surface area contributed by atoms with Crippen molar-refractivity contribution in [3.05, 3.63) is 59.7 Å². The minimum Gasteiger partial charge on any atom is -0.497 e. The Labute approximate surface area is 179 Å². The second-order valence-electron chi connectivity index (χ2n) is 6.74. The van der Waals surface area contributed by atoms with Crippen molar-refractivity contribution in [2.45, 2.75) is 19.9 Å². The van der Waals surface area contributed by atoms with Crippen LogP contribution in [0.3, 0.4) is 0 Å². The first-order valence-electron chi connectivity index (χ1n) is 10.1. The standard InChI is InChI=1S/C23H32N4O3/c1-5-24-23(26-15-9-14-25-22(28)18-10-7-6-8-11-18)27(2)17-19-12-13-20(29-3)16-21(19)30-4/h6-8,10-13,16H,5,9,14-15,17H2,1-4H3,(H,24,26)(H,25,28). The summed E-state index contributed by atoms with van der Waals surface area (Å²) in [4.78, 5) is 18.8. The van der Waals surface area contributed by atoms with Gasteiger partial charge >= 0.3 is 0 Å². The molecule has 0 spiro atoms. The van der Waals surface area contributed by atoms with Crippen LogP contribution in [0.5, 0.6) is 11.5 Å². The minimum absolute atomic E-state index is 0.0600. The van der Waals surface area contributed by atoms with Gasteiger partial charge in [0.1, 0.15) is 11.5 Å². The molecule has 0 atom stereocenters. The summed E-state index contributed by atoms with van der Waals surface area (Å²) in [6.45, 7) is 4.64. The summed E-state index contributed by atoms with van der Waals surface area (Å²) in [6, 6.07) is 15.0. The molecule has 7 heteroatoms. The van der Waals surface area contributed by atoms with Gasteiger partial charge in [0.2, 0.25) is 0 Å². The number of aliphatic imine (C=N–C) groups is 1. The molecule has 0 heterocycles. The van der Waals surface area contributed by atoms with Crippen molar-refractivity contribution in [2.24, 2.45) is 4.99 Å². The smallest absolute Gasteiger partial charge is 0.251 e. The summed E-state index contributed by atoms with van der Waals surface area (Å²) < 4.78 is 10.8. The van der Waals surface area contributed by atoms with Crippen molar-refractivity contribution >= 4 is 11.9 Å². The first-order valence-corrected chi connectivity index (χ1v) is 10.1. The van der Waals surface area contributed by atoms with Gasteiger partial charge in [0.15, 0.2) is 5.96 Å². The number of hydrogen-bond donors (Lipinski definition) is 2. The Morgan fingerprint density at radius 3 is 2.50 bits per heavy atom. The molecule has 0 aromatic heterocycles. The van der Waals surface area contributed by atoms with Gasteiger partial charge in [-0.05, 0) is 37.6 Å². The van der Waals surface area contributed by atoms with E-state index in [9.17, 15) is 4.79 Å². The number of nitrogens with one attached hydrogen (secondary N) is 2. The molecular weight excluding hydrogens is 380 g/mol. The monoisotopic (exact) mass is 412 g/mol. The number of carbonyl (C=O) groups is 1. The molecule has 0 saturated heterocycles. The van der Waals surface area contributed by atoms with Gasteiger partial charge in [-0.15, -0.1) is 0 Å². The Kier molecular flexibility index (Phi) is 9.51. The number of nitrogens with zero attached hydrogens (tertiary/aromatic N) is 2. The summed E-state index contributed by atoms with van der Waals surface area (Å²) in [7, 11) is 5.28. The van der Waals surface area contributed by atoms with E-state index in [1.54, 1.807) is 26.4 Å². The van der Waals surface area contributed by atoms with E-state index in [1.807, 2.05) is 50.4 Å². The molecule has 0 aliphatic heterocycles. The average Bonchev–Trinajstić information content (AvgIpc) is 2.78. The molecule has 0 radical (unpaired) electrons. The number of ether oxygens (including phenoxy) is 2. The molecule has 7 nitrogen and oxygen atoms in total. The fraction of sp³-hybridized carbons (Fsp3) is 0.391. The van der Waals surface area contributed by atoms with Crippen molar-refractivity contribution in [1.82, 2.24) is 15.5 Å². The molecule has 0 fully saturated rings. The lowest BCUT2D eigenvalue weighted by molar-refractivity contribution is 0.0953. The van der Waals surface area contributed by atoms with Gasteiger partial charge in [-0.2, -0.15) is 0 Å². The first kappa shape index (κ1) is 23.1. The van der Waals surface area contributed by atoms with Crippen molar-refractivity contribution in [3.63, 3.8) is 0 Å². The van der Waals surface area contributed by atoms with E-state index in [0.717, 1.165) is 36.0 Å². The fourth-order valence-corrected chi connectivity index (χ4v) is 2.94. The van der Waals surface area contributed by atoms with Crippen LogP contribution in [0.15, 0.2) is 53.5 Å². The number of guanidine groups is 1. The SMILES string of the molecule is CCNC(=NCCCNC(=O)c1ccccc1)N(C)Cc1ccc(OC)cc1OC. The molecule has 1 amide bonds. The van der Waals surface area contributed by atoms with Gasteiger partial charge in [-0.25, -0.2) is 0 Å². The summed E-state index contributed by atoms with van der Waals surface area (Å²) in [5, 5.41) is 6.24. The molecule has 162 valence electrons. The van der Waals surface area contributed by atoms with Crippen LogP contribution in [-0.4, -0.2) is 57.7 Å². The van der Waals surface area contributed by atoms with Gasteiger partial charge in [-0.1, -0.05) is 18.2 Å².